The molecule has 0 aromatic heterocycles. The second-order valence-corrected chi connectivity index (χ2v) is 6.68. The highest BCUT2D eigenvalue weighted by Crippen LogP contribution is 2.36. The van der Waals surface area contributed by atoms with E-state index in [0.29, 0.717) is 24.0 Å². The van der Waals surface area contributed by atoms with Crippen molar-refractivity contribution >= 4 is 11.9 Å². The molecule has 1 heterocycles. The van der Waals surface area contributed by atoms with Crippen LogP contribution in [-0.2, 0) is 19.1 Å². The summed E-state index contributed by atoms with van der Waals surface area (Å²) in [6.45, 7) is 4.62. The highest BCUT2D eigenvalue weighted by atomic mass is 16.6. The van der Waals surface area contributed by atoms with Gasteiger partial charge in [-0.15, -0.1) is 0 Å². The summed E-state index contributed by atoms with van der Waals surface area (Å²) in [6.07, 6.45) is 4.78. The lowest BCUT2D eigenvalue weighted by Gasteiger charge is -2.28. The lowest BCUT2D eigenvalue weighted by molar-refractivity contribution is -0.147. The Labute approximate surface area is 158 Å². The molecule has 0 aromatic carbocycles. The van der Waals surface area contributed by atoms with Gasteiger partial charge in [0.1, 0.15) is 12.2 Å². The lowest BCUT2D eigenvalue weighted by Crippen LogP contribution is -2.34. The summed E-state index contributed by atoms with van der Waals surface area (Å²) in [7, 11) is 0. The van der Waals surface area contributed by atoms with Crippen molar-refractivity contribution in [1.82, 2.24) is 0 Å². The third kappa shape index (κ3) is 5.15. The van der Waals surface area contributed by atoms with Gasteiger partial charge in [0.25, 0.3) is 0 Å². The van der Waals surface area contributed by atoms with Crippen LogP contribution in [0.15, 0.2) is 47.1 Å². The number of allylic oxidation sites excluding steroid dienone is 1. The van der Waals surface area contributed by atoms with Crippen LogP contribution in [-0.4, -0.2) is 59.3 Å². The summed E-state index contributed by atoms with van der Waals surface area (Å²) in [5.74, 6) is -1.82. The smallest absolute Gasteiger partial charge is 0.334 e. The highest BCUT2D eigenvalue weighted by Gasteiger charge is 2.44. The molecule has 0 saturated carbocycles. The summed E-state index contributed by atoms with van der Waals surface area (Å²) in [5, 5.41) is 28.2. The van der Waals surface area contributed by atoms with Gasteiger partial charge in [-0.1, -0.05) is 12.7 Å². The fraction of sp³-hybridized carbons (Fsp3) is 0.500. The molecule has 3 atom stereocenters. The molecule has 1 aliphatic heterocycles. The van der Waals surface area contributed by atoms with Crippen molar-refractivity contribution in [2.24, 2.45) is 5.92 Å². The predicted molar refractivity (Wildman–Crippen MR) is 97.4 cm³/mol. The van der Waals surface area contributed by atoms with E-state index in [-0.39, 0.29) is 37.4 Å². The normalized spacial score (nSPS) is 26.7. The van der Waals surface area contributed by atoms with E-state index in [1.807, 2.05) is 6.08 Å². The zero-order valence-electron chi connectivity index (χ0n) is 15.4. The molecule has 0 spiro atoms. The van der Waals surface area contributed by atoms with Crippen molar-refractivity contribution in [3.63, 3.8) is 0 Å². The Bertz CT molecular complexity index is 686. The van der Waals surface area contributed by atoms with Gasteiger partial charge in [0, 0.05) is 17.6 Å². The third-order valence-electron chi connectivity index (χ3n) is 4.81. The van der Waals surface area contributed by atoms with E-state index in [1.54, 1.807) is 6.08 Å². The van der Waals surface area contributed by atoms with Crippen LogP contribution < -0.4 is 0 Å². The lowest BCUT2D eigenvalue weighted by atomic mass is 9.85. The molecule has 3 unspecified atom stereocenters. The number of aliphatic hydroxyl groups is 3. The summed E-state index contributed by atoms with van der Waals surface area (Å²) < 4.78 is 11.0. The molecule has 0 amide bonds. The summed E-state index contributed by atoms with van der Waals surface area (Å²) in [4.78, 5) is 24.4. The molecule has 27 heavy (non-hydrogen) atoms. The van der Waals surface area contributed by atoms with Crippen LogP contribution in [0.5, 0.6) is 0 Å². The standard InChI is InChI=1S/C20H26O7/c1-12(6-7-21)19(24)26-16-8-14(10-22)4-3-5-15(11-23)9-17-18(16)13(2)20(25)27-17/h4,6,9,16-18,21-23H,2-3,5,7-8,10-11H2,1H3. The van der Waals surface area contributed by atoms with E-state index in [2.05, 4.69) is 6.58 Å². The van der Waals surface area contributed by atoms with E-state index in [0.717, 1.165) is 0 Å². The molecule has 2 aliphatic rings. The molecule has 0 radical (unpaired) electrons. The van der Waals surface area contributed by atoms with E-state index < -0.39 is 30.1 Å². The van der Waals surface area contributed by atoms with Gasteiger partial charge in [-0.3, -0.25) is 0 Å². The number of rotatable bonds is 5. The number of fused-ring (bicyclic) bond motifs is 1. The first-order chi connectivity index (χ1) is 12.9. The van der Waals surface area contributed by atoms with Crippen LogP contribution in [0.3, 0.4) is 0 Å². The Balaban J connectivity index is 2.41. The summed E-state index contributed by atoms with van der Waals surface area (Å²) >= 11 is 0. The van der Waals surface area contributed by atoms with Crippen molar-refractivity contribution in [2.45, 2.75) is 38.4 Å². The number of carbonyl (C=O) groups is 2. The molecule has 0 aromatic rings. The van der Waals surface area contributed by atoms with E-state index in [1.165, 1.54) is 13.0 Å². The second-order valence-electron chi connectivity index (χ2n) is 6.68. The first-order valence-electron chi connectivity index (χ1n) is 8.88. The van der Waals surface area contributed by atoms with Crippen molar-refractivity contribution in [3.05, 3.63) is 47.1 Å². The van der Waals surface area contributed by atoms with Gasteiger partial charge in [-0.25, -0.2) is 9.59 Å². The molecule has 7 heteroatoms. The Morgan fingerprint density at radius 3 is 2.67 bits per heavy atom. The van der Waals surface area contributed by atoms with Gasteiger partial charge in [-0.2, -0.15) is 0 Å². The SMILES string of the molecule is C=C1C(=O)OC2C=C(CO)CCC=C(CO)CC(OC(=O)C(C)=CCO)C12. The fourth-order valence-corrected chi connectivity index (χ4v) is 3.25. The predicted octanol–water partition coefficient (Wildman–Crippen LogP) is 0.956. The van der Waals surface area contributed by atoms with Gasteiger partial charge in [0.15, 0.2) is 0 Å². The average Bonchev–Trinajstić information content (AvgIpc) is 2.92. The van der Waals surface area contributed by atoms with Crippen LogP contribution in [0.4, 0.5) is 0 Å². The Morgan fingerprint density at radius 2 is 2.04 bits per heavy atom. The molecule has 7 nitrogen and oxygen atoms in total. The fourth-order valence-electron chi connectivity index (χ4n) is 3.25. The minimum Gasteiger partial charge on any atom is -0.458 e. The van der Waals surface area contributed by atoms with Crippen molar-refractivity contribution in [1.29, 1.82) is 0 Å². The zero-order chi connectivity index (χ0) is 20.0. The first kappa shape index (κ1) is 21.1. The molecule has 148 valence electrons. The van der Waals surface area contributed by atoms with Crippen LogP contribution in [0.1, 0.15) is 26.2 Å². The molecular formula is C20H26O7. The maximum Gasteiger partial charge on any atom is 0.334 e. The second kappa shape index (κ2) is 9.64. The van der Waals surface area contributed by atoms with E-state index in [4.69, 9.17) is 14.6 Å². The number of carbonyl (C=O) groups excluding carboxylic acids is 2. The molecule has 1 saturated heterocycles. The quantitative estimate of drug-likeness (QED) is 0.371. The third-order valence-corrected chi connectivity index (χ3v) is 4.81. The van der Waals surface area contributed by atoms with E-state index in [9.17, 15) is 19.8 Å². The first-order valence-corrected chi connectivity index (χ1v) is 8.88. The van der Waals surface area contributed by atoms with Crippen LogP contribution in [0, 0.1) is 5.92 Å². The number of hydrogen-bond acceptors (Lipinski definition) is 7. The molecule has 0 bridgehead atoms. The maximum absolute atomic E-state index is 12.4. The summed E-state index contributed by atoms with van der Waals surface area (Å²) in [6, 6.07) is 0. The monoisotopic (exact) mass is 378 g/mol. The summed E-state index contributed by atoms with van der Waals surface area (Å²) in [5.41, 5.74) is 1.79. The molecule has 1 fully saturated rings. The maximum atomic E-state index is 12.4. The zero-order valence-corrected chi connectivity index (χ0v) is 15.4. The number of hydrogen-bond donors (Lipinski definition) is 3. The average molecular weight is 378 g/mol. The van der Waals surface area contributed by atoms with Gasteiger partial charge >= 0.3 is 11.9 Å². The van der Waals surface area contributed by atoms with Crippen LogP contribution in [0.2, 0.25) is 0 Å². The molecule has 1 aliphatic carbocycles. The number of ether oxygens (including phenoxy) is 2. The van der Waals surface area contributed by atoms with E-state index >= 15 is 0 Å². The van der Waals surface area contributed by atoms with Crippen LogP contribution >= 0.6 is 0 Å². The number of aliphatic hydroxyl groups excluding tert-OH is 3. The van der Waals surface area contributed by atoms with Gasteiger partial charge in [-0.05, 0) is 43.1 Å². The molecule has 2 rings (SSSR count). The topological polar surface area (TPSA) is 113 Å². The van der Waals surface area contributed by atoms with Crippen molar-refractivity contribution < 1.29 is 34.4 Å². The van der Waals surface area contributed by atoms with Crippen molar-refractivity contribution in [3.8, 4) is 0 Å². The minimum absolute atomic E-state index is 0.182. The molecular weight excluding hydrogens is 352 g/mol. The van der Waals surface area contributed by atoms with Gasteiger partial charge in [0.2, 0.25) is 0 Å². The van der Waals surface area contributed by atoms with Gasteiger partial charge < -0.3 is 24.8 Å². The highest BCUT2D eigenvalue weighted by molar-refractivity contribution is 5.92. The Hall–Kier alpha value is -2.22. The Morgan fingerprint density at radius 1 is 1.33 bits per heavy atom. The molecule has 3 N–H and O–H groups in total. The largest absolute Gasteiger partial charge is 0.458 e. The van der Waals surface area contributed by atoms with Gasteiger partial charge in [0.05, 0.1) is 25.7 Å². The van der Waals surface area contributed by atoms with Crippen molar-refractivity contribution in [2.75, 3.05) is 19.8 Å². The Kier molecular flexibility index (Phi) is 7.53. The number of esters is 2. The van der Waals surface area contributed by atoms with Crippen LogP contribution in [0.25, 0.3) is 0 Å². The minimum atomic E-state index is -0.781.